The first-order valence-electron chi connectivity index (χ1n) is 4.60. The van der Waals surface area contributed by atoms with E-state index in [9.17, 15) is 5.11 Å². The van der Waals surface area contributed by atoms with Crippen molar-refractivity contribution in [2.45, 2.75) is 38.3 Å². The fraction of sp³-hybridized carbons (Fsp3) is 1.00. The number of rotatable bonds is 2. The van der Waals surface area contributed by atoms with Crippen molar-refractivity contribution in [1.82, 2.24) is 0 Å². The first-order valence-corrected chi connectivity index (χ1v) is 5.76. The highest BCUT2D eigenvalue weighted by atomic mass is 32.2. The molecule has 3 heteroatoms. The molecular weight excluding hydrogens is 170 g/mol. The van der Waals surface area contributed by atoms with Crippen LogP contribution in [-0.2, 0) is 0 Å². The van der Waals surface area contributed by atoms with Crippen LogP contribution >= 0.6 is 11.8 Å². The van der Waals surface area contributed by atoms with E-state index in [1.807, 2.05) is 11.8 Å². The van der Waals surface area contributed by atoms with Crippen molar-refractivity contribution in [3.63, 3.8) is 0 Å². The number of hydrogen-bond donors (Lipinski definition) is 2. The van der Waals surface area contributed by atoms with Gasteiger partial charge in [0.05, 0.1) is 5.60 Å². The van der Waals surface area contributed by atoms with Crippen LogP contribution in [0.15, 0.2) is 0 Å². The number of hydrogen-bond acceptors (Lipinski definition) is 3. The van der Waals surface area contributed by atoms with Gasteiger partial charge in [0.1, 0.15) is 0 Å². The maximum Gasteiger partial charge on any atom is 0.0816 e. The van der Waals surface area contributed by atoms with Crippen LogP contribution in [0.1, 0.15) is 26.7 Å². The highest BCUT2D eigenvalue weighted by Gasteiger charge is 2.37. The molecule has 1 aliphatic heterocycles. The molecule has 0 aromatic heterocycles. The Morgan fingerprint density at radius 1 is 1.67 bits per heavy atom. The van der Waals surface area contributed by atoms with Crippen molar-refractivity contribution in [2.75, 3.05) is 11.5 Å². The molecule has 1 aliphatic rings. The standard InChI is InChI=1S/C9H19NOS/c1-7(2)5-9(11)3-4-12-6-8(9)10/h7-8,11H,3-6,10H2,1-2H3. The van der Waals surface area contributed by atoms with Crippen LogP contribution in [0.4, 0.5) is 0 Å². The van der Waals surface area contributed by atoms with E-state index in [0.717, 1.165) is 24.3 Å². The summed E-state index contributed by atoms with van der Waals surface area (Å²) in [6.07, 6.45) is 1.70. The van der Waals surface area contributed by atoms with Gasteiger partial charge in [0, 0.05) is 11.8 Å². The summed E-state index contributed by atoms with van der Waals surface area (Å²) in [7, 11) is 0. The van der Waals surface area contributed by atoms with Crippen LogP contribution in [0.3, 0.4) is 0 Å². The maximum atomic E-state index is 10.2. The summed E-state index contributed by atoms with van der Waals surface area (Å²) < 4.78 is 0. The van der Waals surface area contributed by atoms with E-state index in [4.69, 9.17) is 5.73 Å². The normalized spacial score (nSPS) is 37.2. The molecule has 1 saturated heterocycles. The average molecular weight is 189 g/mol. The van der Waals surface area contributed by atoms with E-state index in [1.54, 1.807) is 0 Å². The molecule has 0 radical (unpaired) electrons. The van der Waals surface area contributed by atoms with Crippen molar-refractivity contribution < 1.29 is 5.11 Å². The summed E-state index contributed by atoms with van der Waals surface area (Å²) >= 11 is 1.85. The monoisotopic (exact) mass is 189 g/mol. The Morgan fingerprint density at radius 3 is 2.83 bits per heavy atom. The molecule has 2 nitrogen and oxygen atoms in total. The molecule has 2 unspecified atom stereocenters. The smallest absolute Gasteiger partial charge is 0.0816 e. The van der Waals surface area contributed by atoms with Gasteiger partial charge in [0.25, 0.3) is 0 Å². The first kappa shape index (κ1) is 10.4. The van der Waals surface area contributed by atoms with Crippen LogP contribution in [0.25, 0.3) is 0 Å². The summed E-state index contributed by atoms with van der Waals surface area (Å²) in [5.41, 5.74) is 5.31. The average Bonchev–Trinajstić information content (AvgIpc) is 1.94. The van der Waals surface area contributed by atoms with Gasteiger partial charge in [-0.15, -0.1) is 0 Å². The largest absolute Gasteiger partial charge is 0.388 e. The van der Waals surface area contributed by atoms with E-state index in [1.165, 1.54) is 0 Å². The van der Waals surface area contributed by atoms with Crippen LogP contribution in [0.5, 0.6) is 0 Å². The van der Waals surface area contributed by atoms with E-state index in [0.29, 0.717) is 5.92 Å². The van der Waals surface area contributed by atoms with Crippen molar-refractivity contribution in [3.8, 4) is 0 Å². The van der Waals surface area contributed by atoms with Crippen LogP contribution < -0.4 is 5.73 Å². The number of aliphatic hydroxyl groups is 1. The Hall–Kier alpha value is 0.270. The van der Waals surface area contributed by atoms with E-state index >= 15 is 0 Å². The van der Waals surface area contributed by atoms with Crippen LogP contribution in [-0.4, -0.2) is 28.3 Å². The molecule has 0 aromatic rings. The van der Waals surface area contributed by atoms with Gasteiger partial charge in [-0.1, -0.05) is 13.8 Å². The van der Waals surface area contributed by atoms with E-state index in [-0.39, 0.29) is 6.04 Å². The summed E-state index contributed by atoms with van der Waals surface area (Å²) in [6, 6.07) is -0.0290. The Kier molecular flexibility index (Phi) is 3.44. The second kappa shape index (κ2) is 3.99. The minimum Gasteiger partial charge on any atom is -0.388 e. The van der Waals surface area contributed by atoms with Gasteiger partial charge in [-0.05, 0) is 24.5 Å². The second-order valence-electron chi connectivity index (χ2n) is 4.13. The third kappa shape index (κ3) is 2.38. The molecule has 3 N–H and O–H groups in total. The van der Waals surface area contributed by atoms with Gasteiger partial charge in [0.15, 0.2) is 0 Å². The molecule has 0 bridgehead atoms. The third-order valence-corrected chi connectivity index (χ3v) is 3.52. The number of nitrogens with two attached hydrogens (primary N) is 1. The van der Waals surface area contributed by atoms with Gasteiger partial charge in [-0.3, -0.25) is 0 Å². The van der Waals surface area contributed by atoms with Gasteiger partial charge >= 0.3 is 0 Å². The first-order chi connectivity index (χ1) is 5.54. The lowest BCUT2D eigenvalue weighted by atomic mass is 9.84. The topological polar surface area (TPSA) is 46.2 Å². The lowest BCUT2D eigenvalue weighted by Gasteiger charge is -2.38. The third-order valence-electron chi connectivity index (χ3n) is 2.43. The Balaban J connectivity index is 2.53. The van der Waals surface area contributed by atoms with Crippen LogP contribution in [0.2, 0.25) is 0 Å². The molecule has 0 aromatic carbocycles. The van der Waals surface area contributed by atoms with E-state index < -0.39 is 5.60 Å². The molecule has 72 valence electrons. The molecule has 0 spiro atoms. The van der Waals surface area contributed by atoms with Crippen LogP contribution in [0, 0.1) is 5.92 Å². The van der Waals surface area contributed by atoms with Crippen molar-refractivity contribution in [2.24, 2.45) is 11.7 Å². The second-order valence-corrected chi connectivity index (χ2v) is 5.28. The molecule has 1 fully saturated rings. The minimum absolute atomic E-state index is 0.0290. The lowest BCUT2D eigenvalue weighted by molar-refractivity contribution is -0.00371. The molecule has 0 aliphatic carbocycles. The highest BCUT2D eigenvalue weighted by Crippen LogP contribution is 2.31. The van der Waals surface area contributed by atoms with Crippen molar-refractivity contribution >= 4 is 11.8 Å². The molecule has 0 saturated carbocycles. The van der Waals surface area contributed by atoms with Gasteiger partial charge in [-0.25, -0.2) is 0 Å². The molecule has 1 heterocycles. The van der Waals surface area contributed by atoms with E-state index in [2.05, 4.69) is 13.8 Å². The summed E-state index contributed by atoms with van der Waals surface area (Å²) in [5.74, 6) is 2.49. The SMILES string of the molecule is CC(C)CC1(O)CCSCC1N. The molecular formula is C9H19NOS. The molecule has 0 amide bonds. The van der Waals surface area contributed by atoms with Gasteiger partial charge in [0.2, 0.25) is 0 Å². The minimum atomic E-state index is -0.584. The molecule has 2 atom stereocenters. The summed E-state index contributed by atoms with van der Waals surface area (Å²) in [4.78, 5) is 0. The number of thioether (sulfide) groups is 1. The summed E-state index contributed by atoms with van der Waals surface area (Å²) in [5, 5.41) is 10.2. The Labute approximate surface area is 78.9 Å². The zero-order valence-electron chi connectivity index (χ0n) is 7.92. The molecule has 12 heavy (non-hydrogen) atoms. The molecule has 1 rings (SSSR count). The predicted octanol–water partition coefficient (Wildman–Crippen LogP) is 1.23. The maximum absolute atomic E-state index is 10.2. The fourth-order valence-corrected chi connectivity index (χ4v) is 2.99. The predicted molar refractivity (Wildman–Crippen MR) is 54.3 cm³/mol. The Bertz CT molecular complexity index is 151. The quantitative estimate of drug-likeness (QED) is 0.687. The van der Waals surface area contributed by atoms with Crippen molar-refractivity contribution in [3.05, 3.63) is 0 Å². The highest BCUT2D eigenvalue weighted by molar-refractivity contribution is 7.99. The zero-order chi connectivity index (χ0) is 9.19. The van der Waals surface area contributed by atoms with Gasteiger partial charge < -0.3 is 10.8 Å². The van der Waals surface area contributed by atoms with Gasteiger partial charge in [-0.2, -0.15) is 11.8 Å². The lowest BCUT2D eigenvalue weighted by Crippen LogP contribution is -2.53. The zero-order valence-corrected chi connectivity index (χ0v) is 8.73. The summed E-state index contributed by atoms with van der Waals surface area (Å²) in [6.45, 7) is 4.26. The fourth-order valence-electron chi connectivity index (χ4n) is 1.76. The Morgan fingerprint density at radius 2 is 2.33 bits per heavy atom. The van der Waals surface area contributed by atoms with Crippen molar-refractivity contribution in [1.29, 1.82) is 0 Å².